The summed E-state index contributed by atoms with van der Waals surface area (Å²) in [5.74, 6) is 0.182. The zero-order valence-electron chi connectivity index (χ0n) is 9.50. The highest BCUT2D eigenvalue weighted by atomic mass is 35.5. The predicted molar refractivity (Wildman–Crippen MR) is 70.8 cm³/mol. The summed E-state index contributed by atoms with van der Waals surface area (Å²) < 4.78 is 0. The number of nitrogens with one attached hydrogen (secondary N) is 3. The van der Waals surface area contributed by atoms with E-state index >= 15 is 0 Å². The monoisotopic (exact) mass is 265 g/mol. The molecule has 2 aromatic rings. The molecule has 5 nitrogen and oxygen atoms in total. The standard InChI is InChI=1S/C12H12ClN3O2/c13-6-5-11(17)14-9-3-1-8(2-4-9)10-7-12(18)16-15-10/h1-4,7H,5-6H2,(H,14,17)(H2,15,16,18). The highest BCUT2D eigenvalue weighted by Crippen LogP contribution is 2.18. The number of aromatic amines is 2. The number of alkyl halides is 1. The highest BCUT2D eigenvalue weighted by molar-refractivity contribution is 6.19. The summed E-state index contributed by atoms with van der Waals surface area (Å²) in [7, 11) is 0. The maximum Gasteiger partial charge on any atom is 0.264 e. The number of hydrogen-bond donors (Lipinski definition) is 3. The van der Waals surface area contributed by atoms with E-state index in [9.17, 15) is 9.59 Å². The minimum atomic E-state index is -0.176. The van der Waals surface area contributed by atoms with E-state index in [1.54, 1.807) is 12.1 Å². The van der Waals surface area contributed by atoms with Crippen LogP contribution in [0.15, 0.2) is 35.1 Å². The smallest absolute Gasteiger partial charge is 0.264 e. The van der Waals surface area contributed by atoms with Crippen LogP contribution in [-0.4, -0.2) is 22.0 Å². The zero-order valence-corrected chi connectivity index (χ0v) is 10.3. The quantitative estimate of drug-likeness (QED) is 0.739. The summed E-state index contributed by atoms with van der Waals surface area (Å²) in [5, 5.41) is 7.95. The van der Waals surface area contributed by atoms with Gasteiger partial charge in [-0.15, -0.1) is 11.6 Å². The molecule has 0 spiro atoms. The van der Waals surface area contributed by atoms with Gasteiger partial charge in [-0.1, -0.05) is 12.1 Å². The van der Waals surface area contributed by atoms with Crippen molar-refractivity contribution < 1.29 is 4.79 Å². The average molecular weight is 266 g/mol. The van der Waals surface area contributed by atoms with Crippen LogP contribution in [0, 0.1) is 0 Å². The molecular formula is C12H12ClN3O2. The number of carbonyl (C=O) groups excluding carboxylic acids is 1. The fraction of sp³-hybridized carbons (Fsp3) is 0.167. The summed E-state index contributed by atoms with van der Waals surface area (Å²) in [5.41, 5.74) is 2.10. The Kier molecular flexibility index (Phi) is 3.84. The molecule has 1 amide bonds. The van der Waals surface area contributed by atoms with Gasteiger partial charge in [0.15, 0.2) is 0 Å². The Morgan fingerprint density at radius 3 is 2.50 bits per heavy atom. The summed E-state index contributed by atoms with van der Waals surface area (Å²) in [6, 6.07) is 8.64. The molecule has 6 heteroatoms. The zero-order chi connectivity index (χ0) is 13.0. The van der Waals surface area contributed by atoms with Gasteiger partial charge >= 0.3 is 0 Å². The first-order valence-corrected chi connectivity index (χ1v) is 5.96. The van der Waals surface area contributed by atoms with Gasteiger partial charge in [0.2, 0.25) is 5.91 Å². The molecular weight excluding hydrogens is 254 g/mol. The molecule has 0 saturated heterocycles. The fourth-order valence-electron chi connectivity index (χ4n) is 1.53. The molecule has 0 aliphatic carbocycles. The van der Waals surface area contributed by atoms with Gasteiger partial charge in [0.1, 0.15) is 0 Å². The SMILES string of the molecule is O=C(CCCl)Nc1ccc(-c2cc(=O)[nH][nH]2)cc1. The largest absolute Gasteiger partial charge is 0.326 e. The van der Waals surface area contributed by atoms with E-state index in [1.165, 1.54) is 6.07 Å². The van der Waals surface area contributed by atoms with Crippen molar-refractivity contribution in [3.63, 3.8) is 0 Å². The first-order valence-electron chi connectivity index (χ1n) is 5.43. The number of anilines is 1. The maximum absolute atomic E-state index is 11.3. The van der Waals surface area contributed by atoms with Crippen molar-refractivity contribution in [2.45, 2.75) is 6.42 Å². The number of aromatic nitrogens is 2. The lowest BCUT2D eigenvalue weighted by Crippen LogP contribution is -2.11. The summed E-state index contributed by atoms with van der Waals surface area (Å²) >= 11 is 5.47. The van der Waals surface area contributed by atoms with Gasteiger partial charge in [0.25, 0.3) is 5.56 Å². The van der Waals surface area contributed by atoms with Crippen LogP contribution in [0.25, 0.3) is 11.3 Å². The Balaban J connectivity index is 2.10. The molecule has 1 aromatic heterocycles. The molecule has 0 saturated carbocycles. The number of benzene rings is 1. The van der Waals surface area contributed by atoms with Crippen LogP contribution in [0.2, 0.25) is 0 Å². The molecule has 2 rings (SSSR count). The van der Waals surface area contributed by atoms with Crippen molar-refractivity contribution in [2.24, 2.45) is 0 Å². The molecule has 0 radical (unpaired) electrons. The molecule has 0 aliphatic heterocycles. The van der Waals surface area contributed by atoms with Crippen molar-refractivity contribution >= 4 is 23.2 Å². The Morgan fingerprint density at radius 2 is 1.94 bits per heavy atom. The van der Waals surface area contributed by atoms with Crippen molar-refractivity contribution in [1.29, 1.82) is 0 Å². The van der Waals surface area contributed by atoms with Crippen molar-refractivity contribution in [1.82, 2.24) is 10.2 Å². The molecule has 18 heavy (non-hydrogen) atoms. The van der Waals surface area contributed by atoms with Crippen molar-refractivity contribution in [2.75, 3.05) is 11.2 Å². The van der Waals surface area contributed by atoms with Gasteiger partial charge in [-0.2, -0.15) is 0 Å². The molecule has 0 bridgehead atoms. The van der Waals surface area contributed by atoms with E-state index in [-0.39, 0.29) is 17.9 Å². The average Bonchev–Trinajstić information content (AvgIpc) is 2.77. The summed E-state index contributed by atoms with van der Waals surface area (Å²) in [4.78, 5) is 22.3. The number of H-pyrrole nitrogens is 2. The minimum Gasteiger partial charge on any atom is -0.326 e. The van der Waals surface area contributed by atoms with Gasteiger partial charge in [-0.3, -0.25) is 19.8 Å². The third kappa shape index (κ3) is 3.01. The van der Waals surface area contributed by atoms with Crippen molar-refractivity contribution in [3.8, 4) is 11.3 Å². The third-order valence-electron chi connectivity index (χ3n) is 2.40. The van der Waals surface area contributed by atoms with Crippen LogP contribution in [0.5, 0.6) is 0 Å². The lowest BCUT2D eigenvalue weighted by molar-refractivity contribution is -0.115. The maximum atomic E-state index is 11.3. The lowest BCUT2D eigenvalue weighted by atomic mass is 10.1. The molecule has 0 aliphatic rings. The summed E-state index contributed by atoms with van der Waals surface area (Å²) in [6.45, 7) is 0. The number of carbonyl (C=O) groups is 1. The molecule has 1 heterocycles. The molecule has 94 valence electrons. The Bertz CT molecular complexity index is 586. The third-order valence-corrected chi connectivity index (χ3v) is 2.59. The topological polar surface area (TPSA) is 77.8 Å². The van der Waals surface area contributed by atoms with Crippen LogP contribution < -0.4 is 10.9 Å². The number of rotatable bonds is 4. The van der Waals surface area contributed by atoms with E-state index in [0.29, 0.717) is 17.3 Å². The van der Waals surface area contributed by atoms with E-state index in [0.717, 1.165) is 5.56 Å². The molecule has 0 fully saturated rings. The van der Waals surface area contributed by atoms with E-state index in [1.807, 2.05) is 12.1 Å². The summed E-state index contributed by atoms with van der Waals surface area (Å²) in [6.07, 6.45) is 0.286. The van der Waals surface area contributed by atoms with E-state index < -0.39 is 0 Å². The van der Waals surface area contributed by atoms with Crippen LogP contribution in [0.1, 0.15) is 6.42 Å². The van der Waals surface area contributed by atoms with E-state index in [2.05, 4.69) is 15.5 Å². The lowest BCUT2D eigenvalue weighted by Gasteiger charge is -2.04. The van der Waals surface area contributed by atoms with Crippen LogP contribution >= 0.6 is 11.6 Å². The predicted octanol–water partition coefficient (Wildman–Crippen LogP) is 1.94. The van der Waals surface area contributed by atoms with Crippen LogP contribution in [0.4, 0.5) is 5.69 Å². The van der Waals surface area contributed by atoms with Gasteiger partial charge < -0.3 is 5.32 Å². The minimum absolute atomic E-state index is 0.118. The molecule has 1 aromatic carbocycles. The molecule has 0 atom stereocenters. The Labute approximate surface area is 108 Å². The number of amides is 1. The molecule has 3 N–H and O–H groups in total. The van der Waals surface area contributed by atoms with E-state index in [4.69, 9.17) is 11.6 Å². The number of halogens is 1. The van der Waals surface area contributed by atoms with Crippen LogP contribution in [-0.2, 0) is 4.79 Å². The highest BCUT2D eigenvalue weighted by Gasteiger charge is 2.03. The first-order chi connectivity index (χ1) is 8.69. The number of hydrogen-bond acceptors (Lipinski definition) is 2. The van der Waals surface area contributed by atoms with Crippen LogP contribution in [0.3, 0.4) is 0 Å². The Morgan fingerprint density at radius 1 is 1.22 bits per heavy atom. The van der Waals surface area contributed by atoms with Gasteiger partial charge in [-0.25, -0.2) is 0 Å². The fourth-order valence-corrected chi connectivity index (χ4v) is 1.70. The van der Waals surface area contributed by atoms with Gasteiger partial charge in [0.05, 0.1) is 5.69 Å². The van der Waals surface area contributed by atoms with Gasteiger partial charge in [0, 0.05) is 24.1 Å². The first kappa shape index (κ1) is 12.4. The molecule has 0 unspecified atom stereocenters. The normalized spacial score (nSPS) is 10.3. The second kappa shape index (κ2) is 5.55. The second-order valence-electron chi connectivity index (χ2n) is 3.74. The second-order valence-corrected chi connectivity index (χ2v) is 4.11. The van der Waals surface area contributed by atoms with Crippen molar-refractivity contribution in [3.05, 3.63) is 40.7 Å². The Hall–Kier alpha value is -2.01. The van der Waals surface area contributed by atoms with Gasteiger partial charge in [-0.05, 0) is 17.7 Å².